The highest BCUT2D eigenvalue weighted by molar-refractivity contribution is 6.00. The van der Waals surface area contributed by atoms with Gasteiger partial charge in [-0.15, -0.1) is 0 Å². The number of ether oxygens (including phenoxy) is 1. The third-order valence-electron chi connectivity index (χ3n) is 6.79. The Bertz CT molecular complexity index is 1810. The first-order chi connectivity index (χ1) is 20.8. The quantitative estimate of drug-likeness (QED) is 0.215. The van der Waals surface area contributed by atoms with Crippen molar-refractivity contribution in [2.45, 2.75) is 6.92 Å². The summed E-state index contributed by atoms with van der Waals surface area (Å²) in [6, 6.07) is 16.4. The van der Waals surface area contributed by atoms with Gasteiger partial charge in [0, 0.05) is 42.5 Å². The number of rotatable bonds is 6. The Labute approximate surface area is 244 Å². The number of halogens is 2. The van der Waals surface area contributed by atoms with Crippen LogP contribution in [-0.4, -0.2) is 48.2 Å². The number of fused-ring (bicyclic) bond motifs is 1. The molecule has 2 aromatic heterocycles. The molecule has 43 heavy (non-hydrogen) atoms. The summed E-state index contributed by atoms with van der Waals surface area (Å²) in [6.07, 6.45) is 1.46. The van der Waals surface area contributed by atoms with Crippen molar-refractivity contribution >= 4 is 45.7 Å². The van der Waals surface area contributed by atoms with Gasteiger partial charge in [-0.3, -0.25) is 4.79 Å². The summed E-state index contributed by atoms with van der Waals surface area (Å²) in [4.78, 5) is 35.0. The first kappa shape index (κ1) is 27.8. The van der Waals surface area contributed by atoms with Crippen LogP contribution in [0.15, 0.2) is 77.4 Å². The molecule has 0 saturated carbocycles. The van der Waals surface area contributed by atoms with Crippen LogP contribution in [0.1, 0.15) is 6.92 Å². The zero-order chi connectivity index (χ0) is 29.9. The predicted octanol–water partition coefficient (Wildman–Crippen LogP) is 6.27. The van der Waals surface area contributed by atoms with Gasteiger partial charge in [0.15, 0.2) is 5.82 Å². The lowest BCUT2D eigenvalue weighted by Crippen LogP contribution is -2.37. The van der Waals surface area contributed by atoms with Gasteiger partial charge in [0.1, 0.15) is 23.2 Å². The molecule has 1 aliphatic rings. The van der Waals surface area contributed by atoms with Gasteiger partial charge in [0.05, 0.1) is 36.1 Å². The van der Waals surface area contributed by atoms with Gasteiger partial charge < -0.3 is 30.0 Å². The molecule has 218 valence electrons. The highest BCUT2D eigenvalue weighted by Crippen LogP contribution is 2.34. The number of morpholine rings is 1. The van der Waals surface area contributed by atoms with Crippen molar-refractivity contribution < 1.29 is 27.5 Å². The average molecular weight is 585 g/mol. The Morgan fingerprint density at radius 2 is 1.49 bits per heavy atom. The average Bonchev–Trinajstić information content (AvgIpc) is 3.53. The number of carbonyl (C=O) groups is 2. The summed E-state index contributed by atoms with van der Waals surface area (Å²) in [5, 5.41) is 8.39. The van der Waals surface area contributed by atoms with Crippen LogP contribution >= 0.6 is 0 Å². The van der Waals surface area contributed by atoms with E-state index in [1.54, 1.807) is 48.5 Å². The minimum Gasteiger partial charge on any atom is -0.464 e. The summed E-state index contributed by atoms with van der Waals surface area (Å²) in [6.45, 7) is 3.42. The van der Waals surface area contributed by atoms with Crippen LogP contribution in [0.3, 0.4) is 0 Å². The predicted molar refractivity (Wildman–Crippen MR) is 159 cm³/mol. The molecule has 1 aliphatic heterocycles. The maximum absolute atomic E-state index is 15.5. The van der Waals surface area contributed by atoms with Crippen LogP contribution < -0.4 is 20.9 Å². The molecule has 10 nitrogen and oxygen atoms in total. The van der Waals surface area contributed by atoms with Crippen molar-refractivity contribution in [2.75, 3.05) is 47.2 Å². The van der Waals surface area contributed by atoms with E-state index in [0.717, 1.165) is 0 Å². The second-order valence-corrected chi connectivity index (χ2v) is 9.83. The van der Waals surface area contributed by atoms with Crippen molar-refractivity contribution in [2.24, 2.45) is 0 Å². The molecule has 3 N–H and O–H groups in total. The molecule has 6 rings (SSSR count). The summed E-state index contributed by atoms with van der Waals surface area (Å²) in [5.41, 5.74) is 2.04. The number of hydrogen-bond acceptors (Lipinski definition) is 7. The monoisotopic (exact) mass is 584 g/mol. The van der Waals surface area contributed by atoms with E-state index < -0.39 is 17.7 Å². The van der Waals surface area contributed by atoms with E-state index in [9.17, 15) is 9.59 Å². The fourth-order valence-electron chi connectivity index (χ4n) is 4.80. The number of amides is 3. The van der Waals surface area contributed by atoms with Crippen LogP contribution in [0, 0.1) is 11.6 Å². The Morgan fingerprint density at radius 3 is 2.16 bits per heavy atom. The molecule has 0 spiro atoms. The van der Waals surface area contributed by atoms with Crippen molar-refractivity contribution in [3.63, 3.8) is 0 Å². The Morgan fingerprint density at radius 1 is 0.814 bits per heavy atom. The Hall–Kier alpha value is -5.36. The van der Waals surface area contributed by atoms with Gasteiger partial charge in [0.2, 0.25) is 5.91 Å². The highest BCUT2D eigenvalue weighted by Gasteiger charge is 2.22. The SMILES string of the molecule is CC(=O)Nc1ccc(NC(=O)Nc2ccc(-c3nc(N4CCOCC4)c4cc(F)c(-c5ccco5)cc4n3)c(F)c2)cc1. The molecule has 0 bridgehead atoms. The summed E-state index contributed by atoms with van der Waals surface area (Å²) in [5.74, 6) is -0.425. The number of benzene rings is 3. The van der Waals surface area contributed by atoms with E-state index in [2.05, 4.69) is 25.9 Å². The van der Waals surface area contributed by atoms with Gasteiger partial charge in [0.25, 0.3) is 0 Å². The van der Waals surface area contributed by atoms with Gasteiger partial charge >= 0.3 is 6.03 Å². The smallest absolute Gasteiger partial charge is 0.323 e. The fraction of sp³-hybridized carbons (Fsp3) is 0.161. The normalized spacial score (nSPS) is 13.1. The van der Waals surface area contributed by atoms with Crippen molar-refractivity contribution in [1.29, 1.82) is 0 Å². The molecule has 1 saturated heterocycles. The first-order valence-electron chi connectivity index (χ1n) is 13.5. The second-order valence-electron chi connectivity index (χ2n) is 9.83. The maximum atomic E-state index is 15.5. The lowest BCUT2D eigenvalue weighted by molar-refractivity contribution is -0.114. The standard InChI is InChI=1S/C31H26F2N6O4/c1-18(40)34-19-4-6-20(7-5-19)35-31(41)36-21-8-9-22(25(32)15-21)29-37-27-17-23(28-3-2-12-43-28)26(33)16-24(27)30(38-29)39-10-13-42-14-11-39/h2-9,12,15-17H,10-11,13-14H2,1H3,(H,34,40)(H2,35,36,41). The third-order valence-corrected chi connectivity index (χ3v) is 6.79. The molecular weight excluding hydrogens is 558 g/mol. The van der Waals surface area contributed by atoms with E-state index in [4.69, 9.17) is 9.15 Å². The minimum atomic E-state index is -0.655. The van der Waals surface area contributed by atoms with E-state index in [1.807, 2.05) is 4.90 Å². The lowest BCUT2D eigenvalue weighted by Gasteiger charge is -2.29. The Kier molecular flexibility index (Phi) is 7.67. The molecule has 1 fully saturated rings. The number of aromatic nitrogens is 2. The molecule has 0 atom stereocenters. The van der Waals surface area contributed by atoms with Gasteiger partial charge in [-0.1, -0.05) is 0 Å². The van der Waals surface area contributed by atoms with Crippen LogP contribution in [0.25, 0.3) is 33.6 Å². The van der Waals surface area contributed by atoms with Crippen LogP contribution in [-0.2, 0) is 9.53 Å². The molecule has 3 heterocycles. The second kappa shape index (κ2) is 11.9. The van der Waals surface area contributed by atoms with E-state index >= 15 is 8.78 Å². The van der Waals surface area contributed by atoms with Crippen molar-refractivity contribution in [3.05, 3.63) is 84.6 Å². The van der Waals surface area contributed by atoms with Crippen LogP contribution in [0.2, 0.25) is 0 Å². The van der Waals surface area contributed by atoms with E-state index in [0.29, 0.717) is 60.2 Å². The molecule has 0 unspecified atom stereocenters. The Balaban J connectivity index is 1.29. The third kappa shape index (κ3) is 6.14. The molecule has 5 aromatic rings. The van der Waals surface area contributed by atoms with Gasteiger partial charge in [-0.25, -0.2) is 23.5 Å². The number of urea groups is 1. The number of hydrogen-bond donors (Lipinski definition) is 3. The summed E-state index contributed by atoms with van der Waals surface area (Å²) >= 11 is 0. The van der Waals surface area contributed by atoms with Crippen molar-refractivity contribution in [3.8, 4) is 22.7 Å². The lowest BCUT2D eigenvalue weighted by atomic mass is 10.1. The molecular formula is C31H26F2N6O4. The number of nitrogens with one attached hydrogen (secondary N) is 3. The van der Waals surface area contributed by atoms with Crippen molar-refractivity contribution in [1.82, 2.24) is 9.97 Å². The zero-order valence-corrected chi connectivity index (χ0v) is 23.0. The number of furan rings is 1. The molecule has 3 amide bonds. The largest absolute Gasteiger partial charge is 0.464 e. The van der Waals surface area contributed by atoms with Gasteiger partial charge in [-0.2, -0.15) is 0 Å². The summed E-state index contributed by atoms with van der Waals surface area (Å²) < 4.78 is 41.6. The van der Waals surface area contributed by atoms with E-state index in [-0.39, 0.29) is 28.5 Å². The van der Waals surface area contributed by atoms with Crippen LogP contribution in [0.5, 0.6) is 0 Å². The van der Waals surface area contributed by atoms with Gasteiger partial charge in [-0.05, 0) is 66.7 Å². The van der Waals surface area contributed by atoms with E-state index in [1.165, 1.54) is 31.4 Å². The maximum Gasteiger partial charge on any atom is 0.323 e. The van der Waals surface area contributed by atoms with Crippen LogP contribution in [0.4, 0.5) is 36.5 Å². The first-order valence-corrected chi connectivity index (χ1v) is 13.5. The highest BCUT2D eigenvalue weighted by atomic mass is 19.1. The fourth-order valence-corrected chi connectivity index (χ4v) is 4.80. The number of anilines is 4. The molecule has 3 aromatic carbocycles. The molecule has 12 heteroatoms. The number of nitrogens with zero attached hydrogens (tertiary/aromatic N) is 3. The molecule has 0 aliphatic carbocycles. The number of carbonyl (C=O) groups excluding carboxylic acids is 2. The molecule has 0 radical (unpaired) electrons. The topological polar surface area (TPSA) is 122 Å². The zero-order valence-electron chi connectivity index (χ0n) is 23.0. The minimum absolute atomic E-state index is 0.110. The summed E-state index contributed by atoms with van der Waals surface area (Å²) in [7, 11) is 0.